The Kier molecular flexibility index (Phi) is 6.50. The number of thioether (sulfide) groups is 1. The van der Waals surface area contributed by atoms with Crippen LogP contribution in [0.3, 0.4) is 0 Å². The summed E-state index contributed by atoms with van der Waals surface area (Å²) in [5.74, 6) is 1.66. The summed E-state index contributed by atoms with van der Waals surface area (Å²) in [6, 6.07) is 10.2. The van der Waals surface area contributed by atoms with Crippen LogP contribution in [-0.4, -0.2) is 16.5 Å². The van der Waals surface area contributed by atoms with Gasteiger partial charge in [0.15, 0.2) is 0 Å². The van der Waals surface area contributed by atoms with E-state index in [-0.39, 0.29) is 0 Å². The quantitative estimate of drug-likeness (QED) is 0.603. The number of nitrogens with one attached hydrogen (secondary N) is 1. The summed E-state index contributed by atoms with van der Waals surface area (Å²) in [7, 11) is 0. The number of halogens is 1. The van der Waals surface area contributed by atoms with Crippen LogP contribution in [0.15, 0.2) is 45.9 Å². The van der Waals surface area contributed by atoms with E-state index >= 15 is 0 Å². The summed E-state index contributed by atoms with van der Waals surface area (Å²) < 4.78 is 1.12. The highest BCUT2D eigenvalue weighted by atomic mass is 79.9. The molecule has 1 aromatic heterocycles. The van der Waals surface area contributed by atoms with E-state index in [9.17, 15) is 0 Å². The summed E-state index contributed by atoms with van der Waals surface area (Å²) in [6.07, 6.45) is 2.97. The van der Waals surface area contributed by atoms with Crippen molar-refractivity contribution in [2.24, 2.45) is 0 Å². The molecule has 1 aromatic carbocycles. The molecule has 2 aromatic rings. The van der Waals surface area contributed by atoms with Crippen molar-refractivity contribution in [3.63, 3.8) is 0 Å². The molecular formula is C15H18BrN3S. The van der Waals surface area contributed by atoms with Crippen LogP contribution in [-0.2, 0) is 12.3 Å². The fraction of sp³-hybridized carbons (Fsp3) is 0.333. The molecule has 106 valence electrons. The predicted octanol–water partition coefficient (Wildman–Crippen LogP) is 4.03. The lowest BCUT2D eigenvalue weighted by Gasteiger charge is -2.06. The van der Waals surface area contributed by atoms with Crippen LogP contribution in [0, 0.1) is 0 Å². The minimum Gasteiger partial charge on any atom is -0.311 e. The van der Waals surface area contributed by atoms with Crippen molar-refractivity contribution in [3.8, 4) is 0 Å². The van der Waals surface area contributed by atoms with Gasteiger partial charge in [-0.2, -0.15) is 0 Å². The molecule has 0 bridgehead atoms. The number of rotatable bonds is 7. The van der Waals surface area contributed by atoms with Gasteiger partial charge in [-0.25, -0.2) is 9.97 Å². The first-order valence-electron chi connectivity index (χ1n) is 6.68. The summed E-state index contributed by atoms with van der Waals surface area (Å²) in [6.45, 7) is 3.99. The molecule has 1 N–H and O–H groups in total. The lowest BCUT2D eigenvalue weighted by Crippen LogP contribution is -2.15. The van der Waals surface area contributed by atoms with Crippen LogP contribution >= 0.6 is 27.7 Å². The molecule has 2 rings (SSSR count). The van der Waals surface area contributed by atoms with Crippen molar-refractivity contribution in [2.45, 2.75) is 30.5 Å². The topological polar surface area (TPSA) is 37.8 Å². The fourth-order valence-corrected chi connectivity index (χ4v) is 3.14. The second-order valence-corrected chi connectivity index (χ2v) is 6.23. The van der Waals surface area contributed by atoms with Gasteiger partial charge >= 0.3 is 0 Å². The standard InChI is InChI=1S/C15H18BrN3S/c1-2-8-17-10-12-7-9-18-15(19-12)11-20-14-6-4-3-5-13(14)16/h3-7,9,17H,2,8,10-11H2,1H3. The van der Waals surface area contributed by atoms with Crippen LogP contribution in [0.4, 0.5) is 0 Å². The van der Waals surface area contributed by atoms with Crippen LogP contribution < -0.4 is 5.32 Å². The van der Waals surface area contributed by atoms with Gasteiger partial charge in [0.05, 0.1) is 11.4 Å². The normalized spacial score (nSPS) is 10.7. The second kappa shape index (κ2) is 8.39. The van der Waals surface area contributed by atoms with Gasteiger partial charge in [-0.3, -0.25) is 0 Å². The van der Waals surface area contributed by atoms with Gasteiger partial charge in [0, 0.05) is 22.1 Å². The Labute approximate surface area is 132 Å². The first kappa shape index (κ1) is 15.5. The first-order valence-corrected chi connectivity index (χ1v) is 8.46. The Morgan fingerprint density at radius 2 is 2.10 bits per heavy atom. The number of aromatic nitrogens is 2. The summed E-state index contributed by atoms with van der Waals surface area (Å²) in [5.41, 5.74) is 1.05. The van der Waals surface area contributed by atoms with E-state index in [1.54, 1.807) is 11.8 Å². The third kappa shape index (κ3) is 4.89. The maximum atomic E-state index is 4.58. The maximum absolute atomic E-state index is 4.58. The van der Waals surface area contributed by atoms with Crippen LogP contribution in [0.2, 0.25) is 0 Å². The molecule has 1 heterocycles. The van der Waals surface area contributed by atoms with Crippen molar-refractivity contribution in [2.75, 3.05) is 6.54 Å². The summed E-state index contributed by atoms with van der Waals surface area (Å²) >= 11 is 5.30. The molecule has 0 aliphatic carbocycles. The van der Waals surface area contributed by atoms with E-state index in [4.69, 9.17) is 0 Å². The average Bonchev–Trinajstić information content (AvgIpc) is 2.47. The minimum absolute atomic E-state index is 0.782. The Morgan fingerprint density at radius 1 is 1.25 bits per heavy atom. The summed E-state index contributed by atoms with van der Waals surface area (Å²) in [4.78, 5) is 10.1. The molecule has 0 radical (unpaired) electrons. The Balaban J connectivity index is 1.93. The van der Waals surface area contributed by atoms with Crippen LogP contribution in [0.1, 0.15) is 24.9 Å². The van der Waals surface area contributed by atoms with E-state index < -0.39 is 0 Å². The third-order valence-electron chi connectivity index (χ3n) is 2.69. The van der Waals surface area contributed by atoms with Gasteiger partial charge in [-0.15, -0.1) is 11.8 Å². The van der Waals surface area contributed by atoms with Gasteiger partial charge < -0.3 is 5.32 Å². The molecule has 3 nitrogen and oxygen atoms in total. The van der Waals surface area contributed by atoms with Crippen LogP contribution in [0.25, 0.3) is 0 Å². The maximum Gasteiger partial charge on any atom is 0.138 e. The Morgan fingerprint density at radius 3 is 2.90 bits per heavy atom. The number of nitrogens with zero attached hydrogens (tertiary/aromatic N) is 2. The van der Waals surface area contributed by atoms with Crippen molar-refractivity contribution in [1.82, 2.24) is 15.3 Å². The zero-order valence-corrected chi connectivity index (χ0v) is 13.9. The van der Waals surface area contributed by atoms with E-state index in [1.165, 1.54) is 4.90 Å². The minimum atomic E-state index is 0.782. The summed E-state index contributed by atoms with van der Waals surface area (Å²) in [5, 5.41) is 3.36. The van der Waals surface area contributed by atoms with Gasteiger partial charge in [-0.05, 0) is 47.1 Å². The predicted molar refractivity (Wildman–Crippen MR) is 87.7 cm³/mol. The highest BCUT2D eigenvalue weighted by Crippen LogP contribution is 2.28. The first-order chi connectivity index (χ1) is 9.79. The monoisotopic (exact) mass is 351 g/mol. The van der Waals surface area contributed by atoms with Crippen molar-refractivity contribution < 1.29 is 0 Å². The van der Waals surface area contributed by atoms with E-state index in [0.717, 1.165) is 41.3 Å². The molecule has 20 heavy (non-hydrogen) atoms. The molecule has 0 aliphatic rings. The van der Waals surface area contributed by atoms with Gasteiger partial charge in [-0.1, -0.05) is 19.1 Å². The van der Waals surface area contributed by atoms with E-state index in [2.05, 4.69) is 44.2 Å². The fourth-order valence-electron chi connectivity index (χ4n) is 1.71. The van der Waals surface area contributed by atoms with Crippen molar-refractivity contribution >= 4 is 27.7 Å². The number of benzene rings is 1. The smallest absolute Gasteiger partial charge is 0.138 e. The molecule has 0 amide bonds. The molecule has 0 unspecified atom stereocenters. The van der Waals surface area contributed by atoms with Crippen molar-refractivity contribution in [3.05, 3.63) is 52.5 Å². The average molecular weight is 352 g/mol. The molecule has 5 heteroatoms. The molecule has 0 saturated carbocycles. The Bertz CT molecular complexity index is 548. The Hall–Kier alpha value is -0.910. The SMILES string of the molecule is CCCNCc1ccnc(CSc2ccccc2Br)n1. The zero-order chi connectivity index (χ0) is 14.2. The molecule has 0 aliphatic heterocycles. The lowest BCUT2D eigenvalue weighted by atomic mass is 10.4. The third-order valence-corrected chi connectivity index (χ3v) is 4.71. The molecule has 0 fully saturated rings. The highest BCUT2D eigenvalue weighted by molar-refractivity contribution is 9.10. The highest BCUT2D eigenvalue weighted by Gasteiger charge is 2.03. The lowest BCUT2D eigenvalue weighted by molar-refractivity contribution is 0.660. The molecule has 0 spiro atoms. The molecule has 0 saturated heterocycles. The number of hydrogen-bond acceptors (Lipinski definition) is 4. The van der Waals surface area contributed by atoms with Gasteiger partial charge in [0.25, 0.3) is 0 Å². The van der Waals surface area contributed by atoms with Crippen molar-refractivity contribution in [1.29, 1.82) is 0 Å². The second-order valence-electron chi connectivity index (χ2n) is 4.36. The van der Waals surface area contributed by atoms with Gasteiger partial charge in [0.1, 0.15) is 5.82 Å². The largest absolute Gasteiger partial charge is 0.311 e. The van der Waals surface area contributed by atoms with E-state index in [0.29, 0.717) is 0 Å². The molecule has 0 atom stereocenters. The molecular weight excluding hydrogens is 334 g/mol. The van der Waals surface area contributed by atoms with Gasteiger partial charge in [0.2, 0.25) is 0 Å². The van der Waals surface area contributed by atoms with E-state index in [1.807, 2.05) is 30.5 Å². The van der Waals surface area contributed by atoms with Crippen LogP contribution in [0.5, 0.6) is 0 Å². The zero-order valence-electron chi connectivity index (χ0n) is 11.5. The number of hydrogen-bond donors (Lipinski definition) is 1.